The van der Waals surface area contributed by atoms with Crippen molar-refractivity contribution in [1.82, 2.24) is 0 Å². The lowest BCUT2D eigenvalue weighted by Gasteiger charge is -2.14. The lowest BCUT2D eigenvalue weighted by Crippen LogP contribution is -3.08. The Kier molecular flexibility index (Phi) is 6.52. The van der Waals surface area contributed by atoms with Gasteiger partial charge in [-0.1, -0.05) is 11.6 Å². The molecule has 2 N–H and O–H groups in total. The van der Waals surface area contributed by atoms with Crippen molar-refractivity contribution >= 4 is 23.2 Å². The van der Waals surface area contributed by atoms with E-state index in [0.717, 1.165) is 10.5 Å². The topological polar surface area (TPSA) is 42.8 Å². The molecule has 128 valence electrons. The summed E-state index contributed by atoms with van der Waals surface area (Å²) in [5.41, 5.74) is 1.61. The third-order valence-corrected chi connectivity index (χ3v) is 3.50. The predicted molar refractivity (Wildman–Crippen MR) is 88.6 cm³/mol. The van der Waals surface area contributed by atoms with Crippen LogP contribution in [0.5, 0.6) is 5.75 Å². The number of likely N-dealkylation sites (N-methyl/N-ethyl adjacent to an activating group) is 1. The van der Waals surface area contributed by atoms with Crippen molar-refractivity contribution in [2.45, 2.75) is 13.2 Å². The molecular weight excluding hydrogens is 338 g/mol. The average Bonchev–Trinajstić information content (AvgIpc) is 2.51. The van der Waals surface area contributed by atoms with Crippen LogP contribution in [0.1, 0.15) is 5.56 Å². The van der Waals surface area contributed by atoms with Gasteiger partial charge in [-0.25, -0.2) is 0 Å². The van der Waals surface area contributed by atoms with Crippen LogP contribution in [0.4, 0.5) is 14.5 Å². The Morgan fingerprint density at radius 2 is 1.79 bits per heavy atom. The minimum Gasteiger partial charge on any atom is -0.435 e. The molecule has 0 aliphatic carbocycles. The van der Waals surface area contributed by atoms with Gasteiger partial charge < -0.3 is 15.0 Å². The van der Waals surface area contributed by atoms with Gasteiger partial charge in [-0.15, -0.1) is 0 Å². The van der Waals surface area contributed by atoms with Crippen LogP contribution < -0.4 is 15.0 Å². The molecule has 0 radical (unpaired) electrons. The number of halogens is 3. The maximum absolute atomic E-state index is 12.1. The fraction of sp³-hybridized carbons (Fsp3) is 0.235. The molecule has 2 aromatic rings. The minimum absolute atomic E-state index is 0.117. The number of carbonyl (C=O) groups excluding carboxylic acids is 1. The SMILES string of the molecule is C[NH+](CC(=O)Nc1ccc(Cl)cc1)Cc1ccc(OC(F)F)cc1. The fourth-order valence-electron chi connectivity index (χ4n) is 2.21. The number of anilines is 1. The number of carbonyl (C=O) groups is 1. The summed E-state index contributed by atoms with van der Waals surface area (Å²) in [6, 6.07) is 13.3. The van der Waals surface area contributed by atoms with Gasteiger partial charge in [0.05, 0.1) is 7.05 Å². The standard InChI is InChI=1S/C17H17ClF2N2O2/c1-22(10-12-2-8-15(9-3-12)24-17(19)20)11-16(23)21-14-6-4-13(18)5-7-14/h2-9,17H,10-11H2,1H3,(H,21,23)/p+1. The first-order valence-corrected chi connectivity index (χ1v) is 7.70. The molecule has 2 aromatic carbocycles. The Hall–Kier alpha value is -2.18. The van der Waals surface area contributed by atoms with Crippen LogP contribution in [0.15, 0.2) is 48.5 Å². The zero-order chi connectivity index (χ0) is 17.5. The van der Waals surface area contributed by atoms with Crippen molar-refractivity contribution in [2.24, 2.45) is 0 Å². The Morgan fingerprint density at radius 1 is 1.17 bits per heavy atom. The maximum Gasteiger partial charge on any atom is 0.387 e. The highest BCUT2D eigenvalue weighted by Gasteiger charge is 2.11. The van der Waals surface area contributed by atoms with Gasteiger partial charge in [-0.3, -0.25) is 4.79 Å². The van der Waals surface area contributed by atoms with E-state index in [1.165, 1.54) is 12.1 Å². The number of ether oxygens (including phenoxy) is 1. The third kappa shape index (κ3) is 6.14. The van der Waals surface area contributed by atoms with E-state index in [1.807, 2.05) is 7.05 Å². The van der Waals surface area contributed by atoms with Crippen molar-refractivity contribution in [2.75, 3.05) is 18.9 Å². The molecule has 0 aromatic heterocycles. The third-order valence-electron chi connectivity index (χ3n) is 3.24. The first-order valence-electron chi connectivity index (χ1n) is 7.33. The molecule has 2 rings (SSSR count). The summed E-state index contributed by atoms with van der Waals surface area (Å²) in [6.45, 7) is -1.97. The zero-order valence-corrected chi connectivity index (χ0v) is 13.8. The van der Waals surface area contributed by atoms with Crippen molar-refractivity contribution in [3.8, 4) is 5.75 Å². The summed E-state index contributed by atoms with van der Waals surface area (Å²) in [7, 11) is 1.88. The van der Waals surface area contributed by atoms with Gasteiger partial charge in [-0.05, 0) is 48.5 Å². The molecule has 4 nitrogen and oxygen atoms in total. The van der Waals surface area contributed by atoms with Crippen LogP contribution in [-0.4, -0.2) is 26.1 Å². The molecule has 24 heavy (non-hydrogen) atoms. The second-order valence-corrected chi connectivity index (χ2v) is 5.82. The van der Waals surface area contributed by atoms with E-state index in [1.54, 1.807) is 36.4 Å². The molecule has 7 heteroatoms. The maximum atomic E-state index is 12.1. The Balaban J connectivity index is 1.82. The van der Waals surface area contributed by atoms with Crippen LogP contribution in [0, 0.1) is 0 Å². The van der Waals surface area contributed by atoms with Crippen molar-refractivity contribution in [3.05, 3.63) is 59.1 Å². The quantitative estimate of drug-likeness (QED) is 0.801. The van der Waals surface area contributed by atoms with Gasteiger partial charge in [0.1, 0.15) is 12.3 Å². The largest absolute Gasteiger partial charge is 0.435 e. The van der Waals surface area contributed by atoms with Crippen LogP contribution in [0.2, 0.25) is 5.02 Å². The second kappa shape index (κ2) is 8.61. The number of benzene rings is 2. The zero-order valence-electron chi connectivity index (χ0n) is 13.1. The number of quaternary nitrogens is 1. The van der Waals surface area contributed by atoms with Gasteiger partial charge in [0, 0.05) is 16.3 Å². The summed E-state index contributed by atoms with van der Waals surface area (Å²) in [4.78, 5) is 13.0. The van der Waals surface area contributed by atoms with Crippen molar-refractivity contribution in [1.29, 1.82) is 0 Å². The summed E-state index contributed by atoms with van der Waals surface area (Å²) in [5, 5.41) is 3.40. The molecule has 0 heterocycles. The molecule has 0 spiro atoms. The number of alkyl halides is 2. The first-order chi connectivity index (χ1) is 11.4. The molecule has 1 amide bonds. The van der Waals surface area contributed by atoms with E-state index in [9.17, 15) is 13.6 Å². The van der Waals surface area contributed by atoms with Crippen LogP contribution in [0.3, 0.4) is 0 Å². The molecule has 0 saturated carbocycles. The lowest BCUT2D eigenvalue weighted by atomic mass is 10.2. The highest BCUT2D eigenvalue weighted by atomic mass is 35.5. The average molecular weight is 356 g/mol. The number of amides is 1. The normalized spacial score (nSPS) is 12.0. The molecule has 0 fully saturated rings. The number of hydrogen-bond donors (Lipinski definition) is 2. The first kappa shape index (κ1) is 18.2. The van der Waals surface area contributed by atoms with E-state index in [2.05, 4.69) is 10.1 Å². The fourth-order valence-corrected chi connectivity index (χ4v) is 2.34. The summed E-state index contributed by atoms with van der Waals surface area (Å²) < 4.78 is 28.5. The highest BCUT2D eigenvalue weighted by molar-refractivity contribution is 6.30. The van der Waals surface area contributed by atoms with Crippen molar-refractivity contribution in [3.63, 3.8) is 0 Å². The van der Waals surface area contributed by atoms with Gasteiger partial charge in [0.25, 0.3) is 5.91 Å². The van der Waals surface area contributed by atoms with E-state index < -0.39 is 6.61 Å². The van der Waals surface area contributed by atoms with Crippen LogP contribution in [0.25, 0.3) is 0 Å². The van der Waals surface area contributed by atoms with Gasteiger partial charge >= 0.3 is 6.61 Å². The summed E-state index contributed by atoms with van der Waals surface area (Å²) in [5.74, 6) is -0.000592. The number of hydrogen-bond acceptors (Lipinski definition) is 2. The highest BCUT2D eigenvalue weighted by Crippen LogP contribution is 2.14. The van der Waals surface area contributed by atoms with E-state index in [-0.39, 0.29) is 18.2 Å². The summed E-state index contributed by atoms with van der Waals surface area (Å²) >= 11 is 5.79. The Morgan fingerprint density at radius 3 is 2.38 bits per heavy atom. The molecule has 1 unspecified atom stereocenters. The molecule has 1 atom stereocenters. The Labute approximate surface area is 144 Å². The van der Waals surface area contributed by atoms with Crippen molar-refractivity contribution < 1.29 is 23.2 Å². The van der Waals surface area contributed by atoms with E-state index in [0.29, 0.717) is 17.3 Å². The molecular formula is C17H18ClF2N2O2+. The minimum atomic E-state index is -2.83. The molecule has 0 bridgehead atoms. The van der Waals surface area contributed by atoms with Gasteiger partial charge in [-0.2, -0.15) is 8.78 Å². The van der Waals surface area contributed by atoms with Gasteiger partial charge in [0.2, 0.25) is 0 Å². The Bertz CT molecular complexity index is 663. The lowest BCUT2D eigenvalue weighted by molar-refractivity contribution is -0.885. The molecule has 0 aliphatic heterocycles. The molecule has 0 aliphatic rings. The monoisotopic (exact) mass is 355 g/mol. The predicted octanol–water partition coefficient (Wildman–Crippen LogP) is 2.59. The van der Waals surface area contributed by atoms with Crippen LogP contribution in [-0.2, 0) is 11.3 Å². The van der Waals surface area contributed by atoms with E-state index in [4.69, 9.17) is 11.6 Å². The molecule has 0 saturated heterocycles. The smallest absolute Gasteiger partial charge is 0.387 e. The number of rotatable bonds is 7. The van der Waals surface area contributed by atoms with Crippen LogP contribution >= 0.6 is 11.6 Å². The second-order valence-electron chi connectivity index (χ2n) is 5.39. The number of nitrogens with one attached hydrogen (secondary N) is 2. The van der Waals surface area contributed by atoms with Gasteiger partial charge in [0.15, 0.2) is 6.54 Å². The summed E-state index contributed by atoms with van der Waals surface area (Å²) in [6.07, 6.45) is 0. The van der Waals surface area contributed by atoms with E-state index >= 15 is 0 Å².